The van der Waals surface area contributed by atoms with Crippen LogP contribution in [0.4, 0.5) is 24.1 Å². The molecule has 0 aliphatic carbocycles. The van der Waals surface area contributed by atoms with Gasteiger partial charge < -0.3 is 10.6 Å². The molecule has 1 heterocycles. The third kappa shape index (κ3) is 4.23. The van der Waals surface area contributed by atoms with Gasteiger partial charge in [-0.15, -0.1) is 0 Å². The van der Waals surface area contributed by atoms with Crippen LogP contribution in [-0.4, -0.2) is 35.3 Å². The number of aryl methyl sites for hydroxylation is 1. The molecule has 2 aromatic carbocycles. The lowest BCUT2D eigenvalue weighted by Crippen LogP contribution is -2.45. The maximum atomic E-state index is 13.6. The highest BCUT2D eigenvalue weighted by Gasteiger charge is 2.49. The highest BCUT2D eigenvalue weighted by atomic mass is 19.2. The average Bonchev–Trinajstić information content (AvgIpc) is 2.91. The molecule has 10 heteroatoms. The molecular formula is C21H20F2N4O4. The summed E-state index contributed by atoms with van der Waals surface area (Å²) in [5.74, 6) is -4.02. The number of amides is 6. The van der Waals surface area contributed by atoms with Gasteiger partial charge in [-0.1, -0.05) is 18.2 Å². The predicted octanol–water partition coefficient (Wildman–Crippen LogP) is 2.70. The fraction of sp³-hybridized carbons (Fsp3) is 0.238. The third-order valence-electron chi connectivity index (χ3n) is 5.18. The number of carbonyl (C=O) groups excluding carboxylic acids is 4. The SMILES string of the molecule is Cc1cccc(NC(=O)NC(=O)CN2C(=O)NC(C)(c3ccc(F)c(F)c3)C2=O)c1C. The lowest BCUT2D eigenvalue weighted by atomic mass is 9.92. The molecule has 3 rings (SSSR count). The Balaban J connectivity index is 1.68. The summed E-state index contributed by atoms with van der Waals surface area (Å²) >= 11 is 0. The molecule has 3 N–H and O–H groups in total. The molecule has 1 saturated heterocycles. The van der Waals surface area contributed by atoms with Crippen molar-refractivity contribution in [1.29, 1.82) is 0 Å². The fourth-order valence-corrected chi connectivity index (χ4v) is 3.19. The van der Waals surface area contributed by atoms with Crippen LogP contribution in [0.2, 0.25) is 0 Å². The van der Waals surface area contributed by atoms with Crippen LogP contribution < -0.4 is 16.0 Å². The van der Waals surface area contributed by atoms with Gasteiger partial charge in [0, 0.05) is 5.69 Å². The van der Waals surface area contributed by atoms with E-state index in [1.807, 2.05) is 13.0 Å². The van der Waals surface area contributed by atoms with Gasteiger partial charge >= 0.3 is 12.1 Å². The Hall–Kier alpha value is -3.82. The van der Waals surface area contributed by atoms with Gasteiger partial charge in [0.15, 0.2) is 11.6 Å². The second-order valence-corrected chi connectivity index (χ2v) is 7.33. The van der Waals surface area contributed by atoms with Crippen molar-refractivity contribution >= 4 is 29.6 Å². The Bertz CT molecular complexity index is 1100. The first-order valence-corrected chi connectivity index (χ1v) is 9.29. The highest BCUT2D eigenvalue weighted by Crippen LogP contribution is 2.29. The number of imide groups is 2. The van der Waals surface area contributed by atoms with E-state index >= 15 is 0 Å². The molecule has 0 radical (unpaired) electrons. The second-order valence-electron chi connectivity index (χ2n) is 7.33. The van der Waals surface area contributed by atoms with E-state index in [1.165, 1.54) is 6.92 Å². The van der Waals surface area contributed by atoms with Gasteiger partial charge in [-0.3, -0.25) is 19.8 Å². The van der Waals surface area contributed by atoms with Crippen LogP contribution in [0.15, 0.2) is 36.4 Å². The number of benzene rings is 2. The summed E-state index contributed by atoms with van der Waals surface area (Å²) in [6, 6.07) is 6.35. The van der Waals surface area contributed by atoms with Crippen LogP contribution in [0.3, 0.4) is 0 Å². The van der Waals surface area contributed by atoms with Crippen molar-refractivity contribution in [3.8, 4) is 0 Å². The summed E-state index contributed by atoms with van der Waals surface area (Å²) in [6.07, 6.45) is 0. The molecule has 1 aliphatic rings. The normalized spacial score (nSPS) is 18.0. The molecule has 2 aromatic rings. The summed E-state index contributed by atoms with van der Waals surface area (Å²) in [5, 5.41) is 6.96. The van der Waals surface area contributed by atoms with Gasteiger partial charge in [-0.05, 0) is 55.7 Å². The van der Waals surface area contributed by atoms with Crippen molar-refractivity contribution in [2.75, 3.05) is 11.9 Å². The fourth-order valence-electron chi connectivity index (χ4n) is 3.19. The first kappa shape index (κ1) is 21.9. The van der Waals surface area contributed by atoms with Crippen LogP contribution in [0.1, 0.15) is 23.6 Å². The Morgan fingerprint density at radius 1 is 1.10 bits per heavy atom. The van der Waals surface area contributed by atoms with Crippen molar-refractivity contribution in [2.45, 2.75) is 26.3 Å². The third-order valence-corrected chi connectivity index (χ3v) is 5.18. The van der Waals surface area contributed by atoms with E-state index in [-0.39, 0.29) is 5.56 Å². The average molecular weight is 430 g/mol. The monoisotopic (exact) mass is 430 g/mol. The maximum absolute atomic E-state index is 13.6. The van der Waals surface area contributed by atoms with E-state index in [0.717, 1.165) is 29.3 Å². The van der Waals surface area contributed by atoms with E-state index in [1.54, 1.807) is 19.1 Å². The maximum Gasteiger partial charge on any atom is 0.325 e. The molecule has 31 heavy (non-hydrogen) atoms. The highest BCUT2D eigenvalue weighted by molar-refractivity contribution is 6.10. The smallest absolute Gasteiger partial charge is 0.319 e. The van der Waals surface area contributed by atoms with Gasteiger partial charge in [-0.25, -0.2) is 18.4 Å². The molecule has 8 nitrogen and oxygen atoms in total. The lowest BCUT2D eigenvalue weighted by molar-refractivity contribution is -0.134. The summed E-state index contributed by atoms with van der Waals surface area (Å²) in [7, 11) is 0. The van der Waals surface area contributed by atoms with E-state index in [2.05, 4.69) is 16.0 Å². The molecule has 6 amide bonds. The molecule has 1 unspecified atom stereocenters. The van der Waals surface area contributed by atoms with Crippen molar-refractivity contribution in [3.63, 3.8) is 0 Å². The zero-order chi connectivity index (χ0) is 22.9. The summed E-state index contributed by atoms with van der Waals surface area (Å²) in [4.78, 5) is 50.0. The number of nitrogens with zero attached hydrogens (tertiary/aromatic N) is 1. The molecular weight excluding hydrogens is 410 g/mol. The minimum Gasteiger partial charge on any atom is -0.319 e. The summed E-state index contributed by atoms with van der Waals surface area (Å²) in [6.45, 7) is 4.25. The van der Waals surface area contributed by atoms with E-state index < -0.39 is 47.6 Å². The van der Waals surface area contributed by atoms with Crippen LogP contribution in [0.25, 0.3) is 0 Å². The zero-order valence-electron chi connectivity index (χ0n) is 17.0. The number of hydrogen-bond acceptors (Lipinski definition) is 4. The second kappa shape index (κ2) is 8.13. The van der Waals surface area contributed by atoms with Crippen LogP contribution in [0, 0.1) is 25.5 Å². The number of anilines is 1. The lowest BCUT2D eigenvalue weighted by Gasteiger charge is -2.22. The first-order valence-electron chi connectivity index (χ1n) is 9.29. The van der Waals surface area contributed by atoms with Crippen molar-refractivity contribution < 1.29 is 28.0 Å². The minimum absolute atomic E-state index is 0.0142. The molecule has 1 atom stereocenters. The van der Waals surface area contributed by atoms with Crippen molar-refractivity contribution in [3.05, 3.63) is 64.7 Å². The minimum atomic E-state index is -1.69. The van der Waals surface area contributed by atoms with Gasteiger partial charge in [0.25, 0.3) is 5.91 Å². The van der Waals surface area contributed by atoms with E-state index in [0.29, 0.717) is 10.6 Å². The number of rotatable bonds is 4. The van der Waals surface area contributed by atoms with Crippen molar-refractivity contribution in [1.82, 2.24) is 15.5 Å². The number of nitrogens with one attached hydrogen (secondary N) is 3. The molecule has 0 saturated carbocycles. The molecule has 0 spiro atoms. The molecule has 0 aromatic heterocycles. The first-order chi connectivity index (χ1) is 14.5. The van der Waals surface area contributed by atoms with Crippen LogP contribution in [-0.2, 0) is 15.1 Å². The summed E-state index contributed by atoms with van der Waals surface area (Å²) < 4.78 is 26.8. The molecule has 162 valence electrons. The Labute approximate surface area is 176 Å². The van der Waals surface area contributed by atoms with Gasteiger partial charge in [-0.2, -0.15) is 0 Å². The number of hydrogen-bond donors (Lipinski definition) is 3. The number of carbonyl (C=O) groups is 4. The molecule has 1 aliphatic heterocycles. The summed E-state index contributed by atoms with van der Waals surface area (Å²) in [5.41, 5.74) is 0.598. The van der Waals surface area contributed by atoms with Gasteiger partial charge in [0.1, 0.15) is 12.1 Å². The largest absolute Gasteiger partial charge is 0.325 e. The topological polar surface area (TPSA) is 108 Å². The van der Waals surface area contributed by atoms with Crippen LogP contribution >= 0.6 is 0 Å². The van der Waals surface area contributed by atoms with Crippen molar-refractivity contribution in [2.24, 2.45) is 0 Å². The zero-order valence-corrected chi connectivity index (χ0v) is 17.0. The Morgan fingerprint density at radius 3 is 2.48 bits per heavy atom. The van der Waals surface area contributed by atoms with E-state index in [9.17, 15) is 28.0 Å². The van der Waals surface area contributed by atoms with E-state index in [4.69, 9.17) is 0 Å². The Morgan fingerprint density at radius 2 is 1.81 bits per heavy atom. The number of urea groups is 2. The van der Waals surface area contributed by atoms with Gasteiger partial charge in [0.2, 0.25) is 5.91 Å². The standard InChI is InChI=1S/C21H20F2N4O4/c1-11-5-4-6-16(12(11)2)24-19(30)25-17(28)10-27-18(29)21(3,26-20(27)31)13-7-8-14(22)15(23)9-13/h4-9H,10H2,1-3H3,(H,26,31)(H2,24,25,28,30). The Kier molecular flexibility index (Phi) is 5.74. The molecule has 1 fully saturated rings. The quantitative estimate of drug-likeness (QED) is 0.648. The predicted molar refractivity (Wildman–Crippen MR) is 107 cm³/mol. The molecule has 0 bridgehead atoms. The number of halogens is 2. The van der Waals surface area contributed by atoms with Crippen LogP contribution in [0.5, 0.6) is 0 Å². The van der Waals surface area contributed by atoms with Gasteiger partial charge in [0.05, 0.1) is 0 Å².